The molecule has 0 aliphatic rings. The van der Waals surface area contributed by atoms with E-state index in [-0.39, 0.29) is 17.5 Å². The Morgan fingerprint density at radius 1 is 1.23 bits per heavy atom. The number of para-hydroxylation sites is 1. The molecule has 26 heavy (non-hydrogen) atoms. The van der Waals surface area contributed by atoms with E-state index in [0.29, 0.717) is 34.7 Å². The molecule has 0 amide bonds. The van der Waals surface area contributed by atoms with Gasteiger partial charge in [0.1, 0.15) is 0 Å². The zero-order chi connectivity index (χ0) is 18.8. The number of fused-ring (bicyclic) bond motifs is 1. The third-order valence-corrected chi connectivity index (χ3v) is 4.49. The molecule has 1 aromatic heterocycles. The molecule has 3 rings (SSSR count). The van der Waals surface area contributed by atoms with Crippen molar-refractivity contribution in [1.82, 2.24) is 9.55 Å². The quantitative estimate of drug-likeness (QED) is 0.687. The molecule has 1 N–H and O–H groups in total. The van der Waals surface area contributed by atoms with Crippen molar-refractivity contribution in [3.8, 4) is 11.5 Å². The number of methoxy groups -OCH3 is 1. The van der Waals surface area contributed by atoms with E-state index in [1.165, 1.54) is 6.92 Å². The van der Waals surface area contributed by atoms with Gasteiger partial charge in [-0.15, -0.1) is 0 Å². The lowest BCUT2D eigenvalue weighted by Crippen LogP contribution is -2.21. The first-order chi connectivity index (χ1) is 12.5. The molecule has 0 unspecified atom stereocenters. The Labute approximate surface area is 151 Å². The lowest BCUT2D eigenvalue weighted by molar-refractivity contribution is 0.101. The van der Waals surface area contributed by atoms with Crippen LogP contribution in [-0.2, 0) is 0 Å². The van der Waals surface area contributed by atoms with Crippen LogP contribution in [0.1, 0.15) is 42.7 Å². The largest absolute Gasteiger partial charge is 0.493 e. The molecule has 136 valence electrons. The van der Waals surface area contributed by atoms with Gasteiger partial charge in [0.15, 0.2) is 17.3 Å². The van der Waals surface area contributed by atoms with Crippen molar-refractivity contribution in [2.45, 2.75) is 26.8 Å². The molecular formula is C20H22N2O4. The first-order valence-electron chi connectivity index (χ1n) is 8.52. The number of hydrogen-bond donors (Lipinski definition) is 1. The Kier molecular flexibility index (Phi) is 4.84. The highest BCUT2D eigenvalue weighted by Crippen LogP contribution is 2.32. The number of aromatic nitrogens is 2. The van der Waals surface area contributed by atoms with Gasteiger partial charge in [-0.05, 0) is 50.6 Å². The van der Waals surface area contributed by atoms with Gasteiger partial charge in [0, 0.05) is 5.56 Å². The van der Waals surface area contributed by atoms with Gasteiger partial charge in [0.25, 0.3) is 0 Å². The number of carbonyl (C=O) groups is 1. The molecule has 6 nitrogen and oxygen atoms in total. The van der Waals surface area contributed by atoms with Crippen LogP contribution in [0.5, 0.6) is 11.5 Å². The molecule has 1 atom stereocenters. The molecule has 0 radical (unpaired) electrons. The van der Waals surface area contributed by atoms with E-state index in [0.717, 1.165) is 5.56 Å². The summed E-state index contributed by atoms with van der Waals surface area (Å²) in [6.45, 7) is 5.85. The first-order valence-corrected chi connectivity index (χ1v) is 8.52. The van der Waals surface area contributed by atoms with Crippen molar-refractivity contribution in [3.63, 3.8) is 0 Å². The van der Waals surface area contributed by atoms with Crippen molar-refractivity contribution in [3.05, 3.63) is 58.0 Å². The summed E-state index contributed by atoms with van der Waals surface area (Å²) < 4.78 is 12.6. The van der Waals surface area contributed by atoms with Gasteiger partial charge in [-0.3, -0.25) is 9.36 Å². The molecule has 0 aliphatic carbocycles. The second kappa shape index (κ2) is 7.07. The van der Waals surface area contributed by atoms with Crippen LogP contribution in [0.3, 0.4) is 0 Å². The van der Waals surface area contributed by atoms with E-state index in [9.17, 15) is 9.59 Å². The number of imidazole rings is 1. The van der Waals surface area contributed by atoms with Crippen LogP contribution in [0.25, 0.3) is 11.0 Å². The summed E-state index contributed by atoms with van der Waals surface area (Å²) in [7, 11) is 1.59. The van der Waals surface area contributed by atoms with E-state index in [1.807, 2.05) is 38.1 Å². The molecular weight excluding hydrogens is 332 g/mol. The van der Waals surface area contributed by atoms with E-state index in [4.69, 9.17) is 9.47 Å². The number of carbonyl (C=O) groups excluding carboxylic acids is 1. The Morgan fingerprint density at radius 2 is 2.00 bits per heavy atom. The summed E-state index contributed by atoms with van der Waals surface area (Å²) in [6.07, 6.45) is 0. The molecule has 0 spiro atoms. The standard InChI is InChI=1S/C20H22N2O4/c1-5-26-18-11-14(9-10-17(18)25-4)12(2)22-16-8-6-7-15(13(3)23)19(16)21-20(22)24/h6-12H,5H2,1-4H3,(H,21,24)/t12-/m1/s1. The van der Waals surface area contributed by atoms with Crippen molar-refractivity contribution >= 4 is 16.8 Å². The predicted molar refractivity (Wildman–Crippen MR) is 101 cm³/mol. The Morgan fingerprint density at radius 3 is 2.65 bits per heavy atom. The fourth-order valence-electron chi connectivity index (χ4n) is 3.20. The SMILES string of the molecule is CCOc1cc([C@@H](C)n2c(=O)[nH]c3c(C(C)=O)cccc32)ccc1OC. The van der Waals surface area contributed by atoms with Crippen LogP contribution < -0.4 is 15.2 Å². The maximum atomic E-state index is 12.6. The van der Waals surface area contributed by atoms with Crippen LogP contribution >= 0.6 is 0 Å². The van der Waals surface area contributed by atoms with Crippen LogP contribution in [0, 0.1) is 0 Å². The lowest BCUT2D eigenvalue weighted by Gasteiger charge is -2.17. The van der Waals surface area contributed by atoms with Gasteiger partial charge in [-0.1, -0.05) is 12.1 Å². The highest BCUT2D eigenvalue weighted by Gasteiger charge is 2.19. The predicted octanol–water partition coefficient (Wildman–Crippen LogP) is 3.55. The number of nitrogens with one attached hydrogen (secondary N) is 1. The lowest BCUT2D eigenvalue weighted by atomic mass is 10.1. The monoisotopic (exact) mass is 354 g/mol. The number of hydrogen-bond acceptors (Lipinski definition) is 4. The number of aromatic amines is 1. The second-order valence-electron chi connectivity index (χ2n) is 6.08. The van der Waals surface area contributed by atoms with Crippen LogP contribution in [-0.4, -0.2) is 29.1 Å². The van der Waals surface area contributed by atoms with E-state index >= 15 is 0 Å². The van der Waals surface area contributed by atoms with Crippen molar-refractivity contribution < 1.29 is 14.3 Å². The molecule has 0 aliphatic heterocycles. The molecule has 0 saturated heterocycles. The van der Waals surface area contributed by atoms with Gasteiger partial charge < -0.3 is 14.5 Å². The van der Waals surface area contributed by atoms with Crippen LogP contribution in [0.15, 0.2) is 41.2 Å². The summed E-state index contributed by atoms with van der Waals surface area (Å²) in [5, 5.41) is 0. The molecule has 6 heteroatoms. The van der Waals surface area contributed by atoms with E-state index < -0.39 is 0 Å². The Balaban J connectivity index is 2.14. The topological polar surface area (TPSA) is 73.3 Å². The number of ketones is 1. The van der Waals surface area contributed by atoms with E-state index in [1.54, 1.807) is 23.8 Å². The maximum Gasteiger partial charge on any atom is 0.327 e. The summed E-state index contributed by atoms with van der Waals surface area (Å²) >= 11 is 0. The minimum absolute atomic E-state index is 0.0836. The smallest absolute Gasteiger partial charge is 0.327 e. The number of nitrogens with zero attached hydrogens (tertiary/aromatic N) is 1. The average molecular weight is 354 g/mol. The Bertz CT molecular complexity index is 1020. The van der Waals surface area contributed by atoms with Gasteiger partial charge >= 0.3 is 5.69 Å². The maximum absolute atomic E-state index is 12.6. The number of rotatable bonds is 6. The highest BCUT2D eigenvalue weighted by atomic mass is 16.5. The fraction of sp³-hybridized carbons (Fsp3) is 0.300. The molecule has 2 aromatic carbocycles. The fourth-order valence-corrected chi connectivity index (χ4v) is 3.20. The minimum Gasteiger partial charge on any atom is -0.493 e. The highest BCUT2D eigenvalue weighted by molar-refractivity contribution is 6.04. The molecule has 3 aromatic rings. The minimum atomic E-state index is -0.255. The number of benzene rings is 2. The van der Waals surface area contributed by atoms with Crippen molar-refractivity contribution in [2.24, 2.45) is 0 Å². The Hall–Kier alpha value is -3.02. The summed E-state index contributed by atoms with van der Waals surface area (Å²) in [5.74, 6) is 1.20. The normalized spacial score (nSPS) is 12.2. The van der Waals surface area contributed by atoms with Gasteiger partial charge in [-0.25, -0.2) is 4.79 Å². The van der Waals surface area contributed by atoms with Gasteiger partial charge in [0.05, 0.1) is 30.8 Å². The third kappa shape index (κ3) is 2.98. The zero-order valence-corrected chi connectivity index (χ0v) is 15.3. The zero-order valence-electron chi connectivity index (χ0n) is 15.3. The molecule has 0 bridgehead atoms. The van der Waals surface area contributed by atoms with Crippen LogP contribution in [0.4, 0.5) is 0 Å². The summed E-state index contributed by atoms with van der Waals surface area (Å²) in [5.41, 5.74) is 2.43. The number of ether oxygens (including phenoxy) is 2. The van der Waals surface area contributed by atoms with Gasteiger partial charge in [-0.2, -0.15) is 0 Å². The number of H-pyrrole nitrogens is 1. The molecule has 0 saturated carbocycles. The summed E-state index contributed by atoms with van der Waals surface area (Å²) in [6, 6.07) is 10.7. The molecule has 1 heterocycles. The number of Topliss-reactive ketones (excluding diaryl/α,β-unsaturated/α-hetero) is 1. The molecule has 0 fully saturated rings. The van der Waals surface area contributed by atoms with Crippen LogP contribution in [0.2, 0.25) is 0 Å². The third-order valence-electron chi connectivity index (χ3n) is 4.49. The first kappa shape index (κ1) is 17.8. The van der Waals surface area contributed by atoms with Crippen molar-refractivity contribution in [1.29, 1.82) is 0 Å². The summed E-state index contributed by atoms with van der Waals surface area (Å²) in [4.78, 5) is 27.3. The van der Waals surface area contributed by atoms with E-state index in [2.05, 4.69) is 4.98 Å². The average Bonchev–Trinajstić information content (AvgIpc) is 2.96. The second-order valence-corrected chi connectivity index (χ2v) is 6.08. The van der Waals surface area contributed by atoms with Crippen molar-refractivity contribution in [2.75, 3.05) is 13.7 Å². The van der Waals surface area contributed by atoms with Gasteiger partial charge in [0.2, 0.25) is 0 Å².